The van der Waals surface area contributed by atoms with Crippen LogP contribution in [0.15, 0.2) is 12.2 Å². The van der Waals surface area contributed by atoms with Crippen LogP contribution in [0.2, 0.25) is 0 Å². The molecule has 0 saturated heterocycles. The first kappa shape index (κ1) is 7.84. The van der Waals surface area contributed by atoms with Gasteiger partial charge in [0.05, 0.1) is 0 Å². The molecule has 0 heteroatoms. The predicted octanol–water partition coefficient (Wildman–Crippen LogP) is 3.39. The average Bonchev–Trinajstić information content (AvgIpc) is 1.88. The maximum atomic E-state index is 4.03. The molecule has 0 aromatic heterocycles. The van der Waals surface area contributed by atoms with E-state index in [1.165, 1.54) is 31.3 Å². The molecule has 1 aliphatic rings. The zero-order chi connectivity index (χ0) is 7.56. The molecule has 0 aliphatic heterocycles. The van der Waals surface area contributed by atoms with Crippen molar-refractivity contribution in [2.45, 2.75) is 39.5 Å². The Morgan fingerprint density at radius 3 is 2.30 bits per heavy atom. The van der Waals surface area contributed by atoms with Crippen LogP contribution in [-0.4, -0.2) is 0 Å². The Hall–Kier alpha value is -0.260. The van der Waals surface area contributed by atoms with E-state index in [1.807, 2.05) is 0 Å². The summed E-state index contributed by atoms with van der Waals surface area (Å²) >= 11 is 0. The third-order valence-electron chi connectivity index (χ3n) is 2.74. The third-order valence-corrected chi connectivity index (χ3v) is 2.74. The number of rotatable bonds is 1. The molecule has 0 unspecified atom stereocenters. The Kier molecular flexibility index (Phi) is 2.53. The Bertz CT molecular complexity index is 124. The van der Waals surface area contributed by atoms with Crippen LogP contribution < -0.4 is 0 Å². The Labute approximate surface area is 64.3 Å². The van der Waals surface area contributed by atoms with E-state index in [9.17, 15) is 0 Å². The van der Waals surface area contributed by atoms with Gasteiger partial charge in [0, 0.05) is 0 Å². The molecule has 0 amide bonds. The first-order valence-electron chi connectivity index (χ1n) is 4.37. The molecule has 0 heterocycles. The average molecular weight is 138 g/mol. The Balaban J connectivity index is 2.47. The van der Waals surface area contributed by atoms with Gasteiger partial charge in [-0.05, 0) is 25.2 Å². The molecule has 0 aromatic carbocycles. The number of hydrogen-bond acceptors (Lipinski definition) is 0. The molecule has 0 N–H and O–H groups in total. The Morgan fingerprint density at radius 1 is 1.30 bits per heavy atom. The molecule has 0 bridgehead atoms. The summed E-state index contributed by atoms with van der Waals surface area (Å²) < 4.78 is 0. The fourth-order valence-electron chi connectivity index (χ4n) is 2.05. The number of hydrogen-bond donors (Lipinski definition) is 0. The third kappa shape index (κ3) is 1.62. The van der Waals surface area contributed by atoms with E-state index >= 15 is 0 Å². The minimum Gasteiger partial charge on any atom is -0.0999 e. The SMILES string of the molecule is C=C(C)[C@H]1CCCC[C@H]1C. The van der Waals surface area contributed by atoms with E-state index in [0.717, 1.165) is 11.8 Å². The first-order valence-corrected chi connectivity index (χ1v) is 4.37. The van der Waals surface area contributed by atoms with Gasteiger partial charge >= 0.3 is 0 Å². The van der Waals surface area contributed by atoms with Gasteiger partial charge in [0.2, 0.25) is 0 Å². The minimum absolute atomic E-state index is 0.828. The van der Waals surface area contributed by atoms with Crippen LogP contribution in [0.25, 0.3) is 0 Å². The summed E-state index contributed by atoms with van der Waals surface area (Å²) in [7, 11) is 0. The summed E-state index contributed by atoms with van der Waals surface area (Å²) in [4.78, 5) is 0. The summed E-state index contributed by atoms with van der Waals surface area (Å²) in [5.41, 5.74) is 1.40. The van der Waals surface area contributed by atoms with Gasteiger partial charge in [0.1, 0.15) is 0 Å². The highest BCUT2D eigenvalue weighted by molar-refractivity contribution is 4.99. The van der Waals surface area contributed by atoms with Crippen molar-refractivity contribution >= 4 is 0 Å². The summed E-state index contributed by atoms with van der Waals surface area (Å²) in [6.07, 6.45) is 5.65. The van der Waals surface area contributed by atoms with Gasteiger partial charge in [-0.15, -0.1) is 0 Å². The van der Waals surface area contributed by atoms with Gasteiger partial charge < -0.3 is 0 Å². The zero-order valence-electron chi connectivity index (χ0n) is 7.19. The molecule has 1 rings (SSSR count). The molecular formula is C10H18. The van der Waals surface area contributed by atoms with Crippen molar-refractivity contribution < 1.29 is 0 Å². The maximum absolute atomic E-state index is 4.03. The highest BCUT2D eigenvalue weighted by Gasteiger charge is 2.20. The highest BCUT2D eigenvalue weighted by atomic mass is 14.3. The molecule has 1 aliphatic carbocycles. The standard InChI is InChI=1S/C10H18/c1-8(2)10-7-5-4-6-9(10)3/h9-10H,1,4-7H2,2-3H3/t9-,10-/m1/s1. The summed E-state index contributed by atoms with van der Waals surface area (Å²) in [5, 5.41) is 0. The van der Waals surface area contributed by atoms with Crippen LogP contribution in [0.4, 0.5) is 0 Å². The van der Waals surface area contributed by atoms with Crippen LogP contribution in [0.3, 0.4) is 0 Å². The Morgan fingerprint density at radius 2 is 1.90 bits per heavy atom. The second kappa shape index (κ2) is 3.23. The van der Waals surface area contributed by atoms with E-state index in [1.54, 1.807) is 0 Å². The predicted molar refractivity (Wildman–Crippen MR) is 45.9 cm³/mol. The quantitative estimate of drug-likeness (QED) is 0.487. The fourth-order valence-corrected chi connectivity index (χ4v) is 2.05. The molecule has 0 nitrogen and oxygen atoms in total. The molecule has 0 radical (unpaired) electrons. The molecule has 1 saturated carbocycles. The van der Waals surface area contributed by atoms with Crippen molar-refractivity contribution in [2.24, 2.45) is 11.8 Å². The van der Waals surface area contributed by atoms with Crippen molar-refractivity contribution in [3.8, 4) is 0 Å². The van der Waals surface area contributed by atoms with Gasteiger partial charge in [-0.25, -0.2) is 0 Å². The molecule has 1 fully saturated rings. The molecule has 58 valence electrons. The van der Waals surface area contributed by atoms with Gasteiger partial charge in [0.25, 0.3) is 0 Å². The van der Waals surface area contributed by atoms with Crippen molar-refractivity contribution in [3.63, 3.8) is 0 Å². The van der Waals surface area contributed by atoms with E-state index in [4.69, 9.17) is 0 Å². The van der Waals surface area contributed by atoms with Gasteiger partial charge in [0.15, 0.2) is 0 Å². The minimum atomic E-state index is 0.828. The van der Waals surface area contributed by atoms with Gasteiger partial charge in [-0.3, -0.25) is 0 Å². The second-order valence-electron chi connectivity index (χ2n) is 3.71. The van der Waals surface area contributed by atoms with Gasteiger partial charge in [-0.2, -0.15) is 0 Å². The topological polar surface area (TPSA) is 0 Å². The maximum Gasteiger partial charge on any atom is -0.0183 e. The lowest BCUT2D eigenvalue weighted by atomic mass is 9.77. The molecule has 0 spiro atoms. The van der Waals surface area contributed by atoms with Crippen LogP contribution >= 0.6 is 0 Å². The summed E-state index contributed by atoms with van der Waals surface area (Å²) in [5.74, 6) is 1.72. The van der Waals surface area contributed by atoms with E-state index in [0.29, 0.717) is 0 Å². The van der Waals surface area contributed by atoms with E-state index in [-0.39, 0.29) is 0 Å². The monoisotopic (exact) mass is 138 g/mol. The van der Waals surface area contributed by atoms with Crippen LogP contribution in [-0.2, 0) is 0 Å². The fraction of sp³-hybridized carbons (Fsp3) is 0.800. The smallest absolute Gasteiger partial charge is 0.0183 e. The molecule has 2 atom stereocenters. The summed E-state index contributed by atoms with van der Waals surface area (Å²) in [6.45, 7) is 8.56. The van der Waals surface area contributed by atoms with Crippen molar-refractivity contribution in [2.75, 3.05) is 0 Å². The largest absolute Gasteiger partial charge is 0.0999 e. The number of allylic oxidation sites excluding steroid dienone is 1. The molecule has 0 aromatic rings. The van der Waals surface area contributed by atoms with Crippen LogP contribution in [0.5, 0.6) is 0 Å². The zero-order valence-corrected chi connectivity index (χ0v) is 7.19. The van der Waals surface area contributed by atoms with E-state index in [2.05, 4.69) is 20.4 Å². The second-order valence-corrected chi connectivity index (χ2v) is 3.71. The normalized spacial score (nSPS) is 33.8. The lowest BCUT2D eigenvalue weighted by molar-refractivity contribution is 0.294. The lowest BCUT2D eigenvalue weighted by Gasteiger charge is -2.28. The molecule has 10 heavy (non-hydrogen) atoms. The summed E-state index contributed by atoms with van der Waals surface area (Å²) in [6, 6.07) is 0. The highest BCUT2D eigenvalue weighted by Crippen LogP contribution is 2.33. The van der Waals surface area contributed by atoms with E-state index < -0.39 is 0 Å². The van der Waals surface area contributed by atoms with Crippen LogP contribution in [0, 0.1) is 11.8 Å². The lowest BCUT2D eigenvalue weighted by Crippen LogP contribution is -2.16. The van der Waals surface area contributed by atoms with Crippen molar-refractivity contribution in [1.29, 1.82) is 0 Å². The van der Waals surface area contributed by atoms with Crippen LogP contribution in [0.1, 0.15) is 39.5 Å². The first-order chi connectivity index (χ1) is 4.72. The van der Waals surface area contributed by atoms with Crippen molar-refractivity contribution in [1.82, 2.24) is 0 Å². The molecular weight excluding hydrogens is 120 g/mol. The van der Waals surface area contributed by atoms with Crippen molar-refractivity contribution in [3.05, 3.63) is 12.2 Å². The van der Waals surface area contributed by atoms with Gasteiger partial charge in [-0.1, -0.05) is 38.3 Å².